The standard InChI is InChI=1S/C29H35N5O5/c1-18(35)31-27-11-22-23(16-33(2)25(22)13-30-27)24-12-26(39-20-14-34(15-20)19-3-7-36-8-4-19)21-5-9-38-29(28(21)32-24)6-10-37-17-29/h11-13,16,19-20H,3-10,14-15,17H2,1-2H3,(H,30,31,35). The lowest BCUT2D eigenvalue weighted by molar-refractivity contribution is -0.114. The molecule has 206 valence electrons. The Morgan fingerprint density at radius 2 is 2.00 bits per heavy atom. The lowest BCUT2D eigenvalue weighted by Crippen LogP contribution is -2.58. The molecule has 0 aromatic carbocycles. The van der Waals surface area contributed by atoms with E-state index in [1.807, 2.05) is 17.7 Å². The highest BCUT2D eigenvalue weighted by molar-refractivity contribution is 5.98. The molecule has 0 aliphatic carbocycles. The van der Waals surface area contributed by atoms with Crippen LogP contribution in [0, 0.1) is 0 Å². The van der Waals surface area contributed by atoms with Gasteiger partial charge in [-0.1, -0.05) is 0 Å². The van der Waals surface area contributed by atoms with Crippen molar-refractivity contribution >= 4 is 22.6 Å². The van der Waals surface area contributed by atoms with Crippen LogP contribution >= 0.6 is 0 Å². The molecule has 39 heavy (non-hydrogen) atoms. The molecular weight excluding hydrogens is 498 g/mol. The monoisotopic (exact) mass is 533 g/mol. The van der Waals surface area contributed by atoms with Crippen LogP contribution in [-0.2, 0) is 38.1 Å². The molecule has 7 rings (SSSR count). The molecule has 3 saturated heterocycles. The molecule has 4 aliphatic rings. The Balaban J connectivity index is 1.27. The zero-order valence-electron chi connectivity index (χ0n) is 22.6. The zero-order valence-corrected chi connectivity index (χ0v) is 22.6. The van der Waals surface area contributed by atoms with Crippen LogP contribution < -0.4 is 10.1 Å². The first-order valence-electron chi connectivity index (χ1n) is 14.0. The molecule has 3 aromatic rings. The molecule has 10 heteroatoms. The van der Waals surface area contributed by atoms with Gasteiger partial charge >= 0.3 is 0 Å². The summed E-state index contributed by atoms with van der Waals surface area (Å²) in [6.45, 7) is 6.84. The number of pyridine rings is 2. The van der Waals surface area contributed by atoms with Crippen LogP contribution in [0.15, 0.2) is 24.5 Å². The van der Waals surface area contributed by atoms with E-state index in [0.29, 0.717) is 31.7 Å². The van der Waals surface area contributed by atoms with E-state index in [4.69, 9.17) is 23.9 Å². The van der Waals surface area contributed by atoms with Gasteiger partial charge in [-0.25, -0.2) is 9.97 Å². The SMILES string of the molecule is CC(=O)Nc1cc2c(-c3cc(OC4CN(C5CCOCC5)C4)c4c(n3)C3(CCOC3)OCC4)cn(C)c2cn1. The van der Waals surface area contributed by atoms with E-state index in [9.17, 15) is 4.79 Å². The molecular formula is C29H35N5O5. The Labute approximate surface area is 227 Å². The Bertz CT molecular complexity index is 1400. The largest absolute Gasteiger partial charge is 0.487 e. The molecule has 3 fully saturated rings. The first-order valence-corrected chi connectivity index (χ1v) is 14.0. The fourth-order valence-electron chi connectivity index (χ4n) is 6.48. The van der Waals surface area contributed by atoms with Gasteiger partial charge in [0, 0.05) is 94.5 Å². The van der Waals surface area contributed by atoms with E-state index >= 15 is 0 Å². The average molecular weight is 534 g/mol. The quantitative estimate of drug-likeness (QED) is 0.534. The first kappa shape index (κ1) is 25.0. The van der Waals surface area contributed by atoms with Gasteiger partial charge in [0.1, 0.15) is 23.3 Å². The molecule has 1 unspecified atom stereocenters. The summed E-state index contributed by atoms with van der Waals surface area (Å²) in [5.74, 6) is 1.26. The van der Waals surface area contributed by atoms with Gasteiger partial charge in [-0.3, -0.25) is 9.69 Å². The van der Waals surface area contributed by atoms with Gasteiger partial charge in [0.05, 0.1) is 36.3 Å². The summed E-state index contributed by atoms with van der Waals surface area (Å²) in [4.78, 5) is 23.9. The highest BCUT2D eigenvalue weighted by Crippen LogP contribution is 2.44. The van der Waals surface area contributed by atoms with E-state index in [2.05, 4.69) is 27.5 Å². The highest BCUT2D eigenvalue weighted by Gasteiger charge is 2.45. The molecule has 0 saturated carbocycles. The van der Waals surface area contributed by atoms with E-state index in [0.717, 1.165) is 91.2 Å². The Morgan fingerprint density at radius 1 is 1.15 bits per heavy atom. The highest BCUT2D eigenvalue weighted by atomic mass is 16.6. The summed E-state index contributed by atoms with van der Waals surface area (Å²) in [6, 6.07) is 4.60. The number of nitrogens with one attached hydrogen (secondary N) is 1. The number of likely N-dealkylation sites (tertiary alicyclic amines) is 1. The molecule has 4 aliphatic heterocycles. The van der Waals surface area contributed by atoms with E-state index in [1.165, 1.54) is 6.92 Å². The van der Waals surface area contributed by atoms with Gasteiger partial charge in [0.15, 0.2) is 0 Å². The van der Waals surface area contributed by atoms with Crippen LogP contribution in [0.5, 0.6) is 5.75 Å². The number of hydrogen-bond acceptors (Lipinski definition) is 8. The van der Waals surface area contributed by atoms with Crippen LogP contribution in [-0.4, -0.2) is 83.6 Å². The third kappa shape index (κ3) is 4.49. The molecule has 7 heterocycles. The molecule has 1 amide bonds. The third-order valence-corrected chi connectivity index (χ3v) is 8.56. The average Bonchev–Trinajstić information content (AvgIpc) is 3.51. The van der Waals surface area contributed by atoms with Gasteiger partial charge < -0.3 is 28.8 Å². The minimum absolute atomic E-state index is 0.147. The lowest BCUT2D eigenvalue weighted by atomic mass is 9.89. The van der Waals surface area contributed by atoms with Crippen molar-refractivity contribution in [2.45, 2.75) is 50.4 Å². The molecule has 3 aromatic heterocycles. The first-order chi connectivity index (χ1) is 19.0. The van der Waals surface area contributed by atoms with E-state index in [1.54, 1.807) is 6.20 Å². The van der Waals surface area contributed by atoms with Gasteiger partial charge in [0.25, 0.3) is 0 Å². The Hall–Kier alpha value is -3.05. The summed E-state index contributed by atoms with van der Waals surface area (Å²) in [5, 5.41) is 3.77. The van der Waals surface area contributed by atoms with Crippen molar-refractivity contribution in [1.29, 1.82) is 0 Å². The Morgan fingerprint density at radius 3 is 2.77 bits per heavy atom. The maximum atomic E-state index is 11.7. The zero-order chi connectivity index (χ0) is 26.6. The number of rotatable bonds is 5. The van der Waals surface area contributed by atoms with Crippen molar-refractivity contribution in [1.82, 2.24) is 19.4 Å². The lowest BCUT2D eigenvalue weighted by Gasteiger charge is -2.45. The number of carbonyl (C=O) groups excluding carboxylic acids is 1. The van der Waals surface area contributed by atoms with Crippen molar-refractivity contribution < 1.29 is 23.7 Å². The van der Waals surface area contributed by atoms with Gasteiger partial charge in [-0.15, -0.1) is 0 Å². The smallest absolute Gasteiger partial charge is 0.222 e. The van der Waals surface area contributed by atoms with Crippen LogP contribution in [0.3, 0.4) is 0 Å². The number of hydrogen-bond donors (Lipinski definition) is 1. The number of aromatic nitrogens is 3. The summed E-state index contributed by atoms with van der Waals surface area (Å²) in [5.41, 5.74) is 4.29. The number of amides is 1. The number of fused-ring (bicyclic) bond motifs is 3. The molecule has 1 atom stereocenters. The molecule has 0 radical (unpaired) electrons. The molecule has 10 nitrogen and oxygen atoms in total. The molecule has 0 bridgehead atoms. The number of ether oxygens (including phenoxy) is 4. The Kier molecular flexibility index (Phi) is 6.30. The second-order valence-electron chi connectivity index (χ2n) is 11.2. The predicted octanol–water partition coefficient (Wildman–Crippen LogP) is 3.02. The maximum Gasteiger partial charge on any atom is 0.222 e. The molecule has 1 N–H and O–H groups in total. The van der Waals surface area contributed by atoms with Crippen molar-refractivity contribution in [2.24, 2.45) is 7.05 Å². The minimum atomic E-state index is -0.539. The number of nitrogens with zero attached hydrogens (tertiary/aromatic N) is 4. The summed E-state index contributed by atoms with van der Waals surface area (Å²) in [6.07, 6.45) is 7.74. The summed E-state index contributed by atoms with van der Waals surface area (Å²) >= 11 is 0. The fourth-order valence-corrected chi connectivity index (χ4v) is 6.48. The van der Waals surface area contributed by atoms with Crippen LogP contribution in [0.1, 0.15) is 37.4 Å². The molecule has 1 spiro atoms. The van der Waals surface area contributed by atoms with Crippen LogP contribution in [0.25, 0.3) is 22.2 Å². The summed E-state index contributed by atoms with van der Waals surface area (Å²) < 4.78 is 26.5. The van der Waals surface area contributed by atoms with Crippen LogP contribution in [0.2, 0.25) is 0 Å². The number of carbonyl (C=O) groups is 1. The predicted molar refractivity (Wildman–Crippen MR) is 145 cm³/mol. The van der Waals surface area contributed by atoms with Crippen molar-refractivity contribution in [3.05, 3.63) is 35.8 Å². The second-order valence-corrected chi connectivity index (χ2v) is 11.2. The topological polar surface area (TPSA) is 100.0 Å². The second kappa shape index (κ2) is 9.85. The van der Waals surface area contributed by atoms with E-state index < -0.39 is 5.60 Å². The van der Waals surface area contributed by atoms with Gasteiger partial charge in [-0.2, -0.15) is 0 Å². The van der Waals surface area contributed by atoms with Crippen LogP contribution in [0.4, 0.5) is 5.82 Å². The van der Waals surface area contributed by atoms with Gasteiger partial charge in [-0.05, 0) is 18.9 Å². The summed E-state index contributed by atoms with van der Waals surface area (Å²) in [7, 11) is 2.00. The number of anilines is 1. The number of aryl methyl sites for hydroxylation is 1. The third-order valence-electron chi connectivity index (χ3n) is 8.56. The van der Waals surface area contributed by atoms with E-state index in [-0.39, 0.29) is 12.0 Å². The van der Waals surface area contributed by atoms with Crippen molar-refractivity contribution in [2.75, 3.05) is 51.4 Å². The normalized spacial score (nSPS) is 24.2. The minimum Gasteiger partial charge on any atom is -0.487 e. The maximum absolute atomic E-state index is 11.7. The fraction of sp³-hybridized carbons (Fsp3) is 0.552. The van der Waals surface area contributed by atoms with Crippen molar-refractivity contribution in [3.8, 4) is 17.0 Å². The van der Waals surface area contributed by atoms with Crippen molar-refractivity contribution in [3.63, 3.8) is 0 Å². The van der Waals surface area contributed by atoms with Gasteiger partial charge in [0.2, 0.25) is 5.91 Å².